The minimum atomic E-state index is -1.06. The summed E-state index contributed by atoms with van der Waals surface area (Å²) < 4.78 is 18.1. The van der Waals surface area contributed by atoms with Crippen molar-refractivity contribution in [1.82, 2.24) is 4.57 Å². The smallest absolute Gasteiger partial charge is 0.335 e. The first kappa shape index (κ1) is 27.9. The van der Waals surface area contributed by atoms with E-state index < -0.39 is 12.1 Å². The first-order chi connectivity index (χ1) is 17.9. The second-order valence-electron chi connectivity index (χ2n) is 8.62. The number of carboxylic acid groups (broad SMARTS) is 1. The quantitative estimate of drug-likeness (QED) is 0.304. The van der Waals surface area contributed by atoms with Crippen LogP contribution in [0.25, 0.3) is 6.08 Å². The van der Waals surface area contributed by atoms with Crippen molar-refractivity contribution in [1.29, 1.82) is 0 Å². The molecule has 1 N–H and O–H groups in total. The molecule has 0 aliphatic rings. The van der Waals surface area contributed by atoms with E-state index in [0.29, 0.717) is 23.6 Å². The molecule has 0 aliphatic heterocycles. The van der Waals surface area contributed by atoms with Crippen LogP contribution in [0.5, 0.6) is 5.75 Å². The van der Waals surface area contributed by atoms with Crippen LogP contribution in [0.15, 0.2) is 60.8 Å². The Morgan fingerprint density at radius 1 is 1.05 bits per heavy atom. The summed E-state index contributed by atoms with van der Waals surface area (Å²) >= 11 is 0. The molecule has 7 nitrogen and oxygen atoms in total. The van der Waals surface area contributed by atoms with Gasteiger partial charge in [0, 0.05) is 31.0 Å². The fraction of sp³-hybridized carbons (Fsp3) is 0.333. The summed E-state index contributed by atoms with van der Waals surface area (Å²) in [7, 11) is 2.95. The van der Waals surface area contributed by atoms with E-state index in [2.05, 4.69) is 13.0 Å². The molecule has 1 heterocycles. The normalized spacial score (nSPS) is 12.1. The maximum Gasteiger partial charge on any atom is 0.335 e. The molecule has 0 bridgehead atoms. The van der Waals surface area contributed by atoms with Crippen molar-refractivity contribution in [2.75, 3.05) is 20.8 Å². The number of nitrogens with zero attached hydrogens (tertiary/aromatic N) is 1. The van der Waals surface area contributed by atoms with Crippen LogP contribution < -0.4 is 4.74 Å². The Morgan fingerprint density at radius 2 is 1.81 bits per heavy atom. The SMILES string of the molecule is CCc1ccc(C(=O)c2cccn2C/C=C/c2cc(CC)c(COCC(OC)C(=O)O)c(OC)c2)cc1. The van der Waals surface area contributed by atoms with Gasteiger partial charge in [-0.05, 0) is 47.7 Å². The number of aryl methyl sites for hydroxylation is 2. The average molecular weight is 506 g/mol. The molecule has 1 aromatic heterocycles. The zero-order chi connectivity index (χ0) is 26.8. The van der Waals surface area contributed by atoms with E-state index in [0.717, 1.165) is 29.5 Å². The molecular weight excluding hydrogens is 470 g/mol. The van der Waals surface area contributed by atoms with Crippen LogP contribution in [0, 0.1) is 0 Å². The van der Waals surface area contributed by atoms with Gasteiger partial charge in [-0.3, -0.25) is 4.79 Å². The third-order valence-electron chi connectivity index (χ3n) is 6.30. The summed E-state index contributed by atoms with van der Waals surface area (Å²) in [5, 5.41) is 9.13. The molecule has 0 amide bonds. The zero-order valence-corrected chi connectivity index (χ0v) is 21.9. The molecule has 0 aliphatic carbocycles. The van der Waals surface area contributed by atoms with E-state index in [1.54, 1.807) is 7.11 Å². The van der Waals surface area contributed by atoms with Crippen LogP contribution in [0.3, 0.4) is 0 Å². The van der Waals surface area contributed by atoms with Crippen molar-refractivity contribution in [3.63, 3.8) is 0 Å². The summed E-state index contributed by atoms with van der Waals surface area (Å²) in [6.45, 7) is 4.85. The number of aliphatic carboxylic acids is 1. The Bertz CT molecular complexity index is 1200. The van der Waals surface area contributed by atoms with Crippen LogP contribution in [0.1, 0.15) is 52.2 Å². The van der Waals surface area contributed by atoms with Crippen molar-refractivity contribution in [2.45, 2.75) is 45.9 Å². The van der Waals surface area contributed by atoms with Gasteiger partial charge in [0.1, 0.15) is 5.75 Å². The second-order valence-corrected chi connectivity index (χ2v) is 8.62. The number of carbonyl (C=O) groups is 2. The Kier molecular flexibility index (Phi) is 10.2. The molecule has 0 radical (unpaired) electrons. The summed E-state index contributed by atoms with van der Waals surface area (Å²) in [5.74, 6) is -0.387. The predicted octanol–water partition coefficient (Wildman–Crippen LogP) is 5.18. The zero-order valence-electron chi connectivity index (χ0n) is 21.9. The second kappa shape index (κ2) is 13.6. The van der Waals surface area contributed by atoms with Gasteiger partial charge in [-0.2, -0.15) is 0 Å². The molecule has 0 saturated heterocycles. The van der Waals surface area contributed by atoms with Gasteiger partial charge in [0.25, 0.3) is 0 Å². The first-order valence-electron chi connectivity index (χ1n) is 12.4. The average Bonchev–Trinajstić information content (AvgIpc) is 3.39. The predicted molar refractivity (Wildman–Crippen MR) is 143 cm³/mol. The van der Waals surface area contributed by atoms with Crippen molar-refractivity contribution in [3.05, 3.63) is 94.3 Å². The third kappa shape index (κ3) is 7.18. The number of ketones is 1. The minimum Gasteiger partial charge on any atom is -0.496 e. The molecule has 37 heavy (non-hydrogen) atoms. The lowest BCUT2D eigenvalue weighted by Gasteiger charge is -2.16. The fourth-order valence-corrected chi connectivity index (χ4v) is 4.11. The molecule has 1 atom stereocenters. The Hall–Kier alpha value is -3.68. The minimum absolute atomic E-state index is 0.000968. The fourth-order valence-electron chi connectivity index (χ4n) is 4.11. The van der Waals surface area contributed by atoms with Crippen LogP contribution in [-0.4, -0.2) is 48.4 Å². The molecule has 1 unspecified atom stereocenters. The van der Waals surface area contributed by atoms with Crippen molar-refractivity contribution < 1.29 is 28.9 Å². The van der Waals surface area contributed by atoms with E-state index >= 15 is 0 Å². The Labute approximate surface area is 218 Å². The van der Waals surface area contributed by atoms with E-state index in [4.69, 9.17) is 19.3 Å². The van der Waals surface area contributed by atoms with Gasteiger partial charge in [0.2, 0.25) is 5.78 Å². The van der Waals surface area contributed by atoms with Crippen molar-refractivity contribution >= 4 is 17.8 Å². The summed E-state index contributed by atoms with van der Waals surface area (Å²) in [5.41, 5.74) is 5.42. The molecular formula is C30H35NO6. The number of hydrogen-bond acceptors (Lipinski definition) is 5. The number of hydrogen-bond donors (Lipinski definition) is 1. The van der Waals surface area contributed by atoms with E-state index in [1.165, 1.54) is 12.7 Å². The summed E-state index contributed by atoms with van der Waals surface area (Å²) in [6.07, 6.45) is 6.60. The molecule has 0 fully saturated rings. The van der Waals surface area contributed by atoms with E-state index in [-0.39, 0.29) is 19.0 Å². The van der Waals surface area contributed by atoms with E-state index in [9.17, 15) is 9.59 Å². The van der Waals surface area contributed by atoms with Crippen LogP contribution in [-0.2, 0) is 40.3 Å². The first-order valence-corrected chi connectivity index (χ1v) is 12.4. The van der Waals surface area contributed by atoms with Gasteiger partial charge >= 0.3 is 5.97 Å². The Morgan fingerprint density at radius 3 is 2.43 bits per heavy atom. The molecule has 2 aromatic carbocycles. The van der Waals surface area contributed by atoms with Gasteiger partial charge in [0.15, 0.2) is 6.10 Å². The van der Waals surface area contributed by atoms with Gasteiger partial charge in [-0.25, -0.2) is 4.79 Å². The number of rotatable bonds is 14. The van der Waals surface area contributed by atoms with Crippen molar-refractivity contribution in [2.24, 2.45) is 0 Å². The highest BCUT2D eigenvalue weighted by Crippen LogP contribution is 2.27. The van der Waals surface area contributed by atoms with Crippen molar-refractivity contribution in [3.8, 4) is 5.75 Å². The molecule has 196 valence electrons. The number of methoxy groups -OCH3 is 2. The molecule has 7 heteroatoms. The third-order valence-corrected chi connectivity index (χ3v) is 6.30. The largest absolute Gasteiger partial charge is 0.496 e. The lowest BCUT2D eigenvalue weighted by atomic mass is 10.0. The van der Waals surface area contributed by atoms with Crippen LogP contribution >= 0.6 is 0 Å². The number of carbonyl (C=O) groups excluding carboxylic acids is 1. The monoisotopic (exact) mass is 505 g/mol. The number of aromatic nitrogens is 1. The number of ether oxygens (including phenoxy) is 3. The van der Waals surface area contributed by atoms with E-state index in [1.807, 2.05) is 72.3 Å². The highest BCUT2D eigenvalue weighted by atomic mass is 16.5. The molecule has 0 spiro atoms. The lowest BCUT2D eigenvalue weighted by molar-refractivity contribution is -0.152. The molecule has 3 rings (SSSR count). The van der Waals surface area contributed by atoms with Gasteiger partial charge < -0.3 is 23.9 Å². The topological polar surface area (TPSA) is 87.0 Å². The highest BCUT2D eigenvalue weighted by Gasteiger charge is 2.18. The van der Waals surface area contributed by atoms with Crippen LogP contribution in [0.2, 0.25) is 0 Å². The number of allylic oxidation sites excluding steroid dienone is 1. The lowest BCUT2D eigenvalue weighted by Crippen LogP contribution is -2.27. The molecule has 3 aromatic rings. The molecule has 0 saturated carbocycles. The maximum absolute atomic E-state index is 13.0. The number of carboxylic acids is 1. The maximum atomic E-state index is 13.0. The number of benzene rings is 2. The summed E-state index contributed by atoms with van der Waals surface area (Å²) in [6, 6.07) is 15.5. The Balaban J connectivity index is 1.72. The van der Waals surface area contributed by atoms with Gasteiger partial charge in [-0.15, -0.1) is 0 Å². The van der Waals surface area contributed by atoms with Crippen LogP contribution in [0.4, 0.5) is 0 Å². The highest BCUT2D eigenvalue weighted by molar-refractivity contribution is 6.08. The standard InChI is InChI=1S/C30H35NO6/c1-5-21-11-13-24(14-12-21)29(32)26-10-8-16-31(26)15-7-9-22-17-23(6-2)25(27(18-22)35-3)19-37-20-28(36-4)30(33)34/h7-14,16-18,28H,5-6,15,19-20H2,1-4H3,(H,33,34)/b9-7+. The summed E-state index contributed by atoms with van der Waals surface area (Å²) in [4.78, 5) is 24.2. The van der Waals surface area contributed by atoms with Gasteiger partial charge in [0.05, 0.1) is 26.0 Å². The van der Waals surface area contributed by atoms with Gasteiger partial charge in [-0.1, -0.05) is 56.3 Å².